The second kappa shape index (κ2) is 6.87. The van der Waals surface area contributed by atoms with Crippen molar-refractivity contribution in [2.24, 2.45) is 5.92 Å². The highest BCUT2D eigenvalue weighted by molar-refractivity contribution is 6.31. The quantitative estimate of drug-likeness (QED) is 0.828. The van der Waals surface area contributed by atoms with Gasteiger partial charge in [0.15, 0.2) is 0 Å². The minimum Gasteiger partial charge on any atom is -0.497 e. The third-order valence-electron chi connectivity index (χ3n) is 2.74. The molecule has 2 nitrogen and oxygen atoms in total. The SMILES string of the molecule is CCNC(CC(C)C)c1ccc(OC)cc1Cl. The molecule has 0 amide bonds. The molecule has 1 N–H and O–H groups in total. The zero-order valence-corrected chi connectivity index (χ0v) is 11.8. The normalized spacial score (nSPS) is 12.8. The van der Waals surface area contributed by atoms with Crippen LogP contribution in [0.2, 0.25) is 5.02 Å². The number of hydrogen-bond donors (Lipinski definition) is 1. The van der Waals surface area contributed by atoms with Crippen molar-refractivity contribution in [3.05, 3.63) is 28.8 Å². The Labute approximate surface area is 109 Å². The Morgan fingerprint density at radius 2 is 2.06 bits per heavy atom. The van der Waals surface area contributed by atoms with Gasteiger partial charge in [0.2, 0.25) is 0 Å². The van der Waals surface area contributed by atoms with Crippen molar-refractivity contribution in [2.75, 3.05) is 13.7 Å². The molecule has 1 atom stereocenters. The maximum absolute atomic E-state index is 6.30. The predicted octanol–water partition coefficient (Wildman–Crippen LogP) is 4.05. The largest absolute Gasteiger partial charge is 0.497 e. The minimum atomic E-state index is 0.318. The smallest absolute Gasteiger partial charge is 0.120 e. The second-order valence-electron chi connectivity index (χ2n) is 4.63. The Morgan fingerprint density at radius 1 is 1.35 bits per heavy atom. The fraction of sp³-hybridized carbons (Fsp3) is 0.571. The van der Waals surface area contributed by atoms with E-state index in [-0.39, 0.29) is 0 Å². The first kappa shape index (κ1) is 14.3. The van der Waals surface area contributed by atoms with E-state index in [0.717, 1.165) is 29.3 Å². The van der Waals surface area contributed by atoms with Gasteiger partial charge in [0.05, 0.1) is 7.11 Å². The molecule has 0 aliphatic rings. The number of methoxy groups -OCH3 is 1. The highest BCUT2D eigenvalue weighted by Crippen LogP contribution is 2.30. The number of halogens is 1. The maximum atomic E-state index is 6.30. The molecule has 0 heterocycles. The van der Waals surface area contributed by atoms with Crippen LogP contribution in [-0.4, -0.2) is 13.7 Å². The Kier molecular flexibility index (Phi) is 5.79. The summed E-state index contributed by atoms with van der Waals surface area (Å²) in [6, 6.07) is 6.21. The number of hydrogen-bond acceptors (Lipinski definition) is 2. The zero-order chi connectivity index (χ0) is 12.8. The number of rotatable bonds is 6. The van der Waals surface area contributed by atoms with Crippen LogP contribution >= 0.6 is 11.6 Å². The van der Waals surface area contributed by atoms with Crippen LogP contribution in [0.1, 0.15) is 38.8 Å². The van der Waals surface area contributed by atoms with Crippen molar-refractivity contribution in [1.29, 1.82) is 0 Å². The van der Waals surface area contributed by atoms with Gasteiger partial charge in [-0.25, -0.2) is 0 Å². The van der Waals surface area contributed by atoms with E-state index in [2.05, 4.69) is 32.2 Å². The Balaban J connectivity index is 2.93. The minimum absolute atomic E-state index is 0.318. The van der Waals surface area contributed by atoms with E-state index >= 15 is 0 Å². The van der Waals surface area contributed by atoms with Crippen molar-refractivity contribution in [3.63, 3.8) is 0 Å². The summed E-state index contributed by atoms with van der Waals surface area (Å²) in [4.78, 5) is 0. The molecule has 96 valence electrons. The summed E-state index contributed by atoms with van der Waals surface area (Å²) in [6.07, 6.45) is 1.08. The monoisotopic (exact) mass is 255 g/mol. The lowest BCUT2D eigenvalue weighted by molar-refractivity contribution is 0.412. The zero-order valence-electron chi connectivity index (χ0n) is 11.1. The lowest BCUT2D eigenvalue weighted by atomic mass is 9.97. The molecule has 0 bridgehead atoms. The van der Waals surface area contributed by atoms with Crippen LogP contribution in [0.5, 0.6) is 5.75 Å². The summed E-state index contributed by atoms with van der Waals surface area (Å²) < 4.78 is 5.17. The molecular weight excluding hydrogens is 234 g/mol. The molecule has 0 aromatic heterocycles. The van der Waals surface area contributed by atoms with Crippen LogP contribution in [-0.2, 0) is 0 Å². The molecule has 0 fully saturated rings. The predicted molar refractivity (Wildman–Crippen MR) is 73.9 cm³/mol. The number of nitrogens with one attached hydrogen (secondary N) is 1. The first-order chi connectivity index (χ1) is 8.08. The molecule has 1 aromatic rings. The fourth-order valence-corrected chi connectivity index (χ4v) is 2.26. The molecule has 0 saturated heterocycles. The average Bonchev–Trinajstić information content (AvgIpc) is 2.27. The van der Waals surface area contributed by atoms with Crippen LogP contribution < -0.4 is 10.1 Å². The van der Waals surface area contributed by atoms with Gasteiger partial charge in [0.1, 0.15) is 5.75 Å². The van der Waals surface area contributed by atoms with Gasteiger partial charge in [-0.2, -0.15) is 0 Å². The highest BCUT2D eigenvalue weighted by atomic mass is 35.5. The van der Waals surface area contributed by atoms with Crippen LogP contribution in [0, 0.1) is 5.92 Å². The molecule has 0 radical (unpaired) electrons. The molecule has 0 aliphatic carbocycles. The topological polar surface area (TPSA) is 21.3 Å². The van der Waals surface area contributed by atoms with E-state index in [0.29, 0.717) is 12.0 Å². The van der Waals surface area contributed by atoms with Crippen molar-refractivity contribution in [1.82, 2.24) is 5.32 Å². The van der Waals surface area contributed by atoms with Crippen LogP contribution in [0.15, 0.2) is 18.2 Å². The van der Waals surface area contributed by atoms with Crippen molar-refractivity contribution >= 4 is 11.6 Å². The van der Waals surface area contributed by atoms with E-state index in [9.17, 15) is 0 Å². The van der Waals surface area contributed by atoms with Crippen molar-refractivity contribution in [2.45, 2.75) is 33.2 Å². The van der Waals surface area contributed by atoms with Gasteiger partial charge in [-0.1, -0.05) is 38.4 Å². The van der Waals surface area contributed by atoms with Gasteiger partial charge in [0.25, 0.3) is 0 Å². The number of benzene rings is 1. The van der Waals surface area contributed by atoms with Gasteiger partial charge in [-0.3, -0.25) is 0 Å². The summed E-state index contributed by atoms with van der Waals surface area (Å²) in [6.45, 7) is 7.51. The summed E-state index contributed by atoms with van der Waals surface area (Å²) in [5, 5.41) is 4.26. The van der Waals surface area contributed by atoms with Gasteiger partial charge >= 0.3 is 0 Å². The highest BCUT2D eigenvalue weighted by Gasteiger charge is 2.15. The molecule has 1 unspecified atom stereocenters. The molecule has 1 rings (SSSR count). The summed E-state index contributed by atoms with van der Waals surface area (Å²) in [5.41, 5.74) is 1.16. The molecular formula is C14H22ClNO. The van der Waals surface area contributed by atoms with E-state index in [4.69, 9.17) is 16.3 Å². The standard InChI is InChI=1S/C14H22ClNO/c1-5-16-14(8-10(2)3)12-7-6-11(17-4)9-13(12)15/h6-7,9-10,14,16H,5,8H2,1-4H3. The summed E-state index contributed by atoms with van der Waals surface area (Å²) in [7, 11) is 1.65. The van der Waals surface area contributed by atoms with E-state index < -0.39 is 0 Å². The lowest BCUT2D eigenvalue weighted by Gasteiger charge is -2.21. The molecule has 0 aliphatic heterocycles. The summed E-state index contributed by atoms with van der Waals surface area (Å²) >= 11 is 6.30. The van der Waals surface area contributed by atoms with Crippen LogP contribution in [0.25, 0.3) is 0 Å². The van der Waals surface area contributed by atoms with Crippen molar-refractivity contribution < 1.29 is 4.74 Å². The van der Waals surface area contributed by atoms with Crippen LogP contribution in [0.4, 0.5) is 0 Å². The Morgan fingerprint density at radius 3 is 2.53 bits per heavy atom. The summed E-state index contributed by atoms with van der Waals surface area (Å²) in [5.74, 6) is 1.44. The third kappa shape index (κ3) is 4.21. The molecule has 3 heteroatoms. The first-order valence-corrected chi connectivity index (χ1v) is 6.53. The van der Waals surface area contributed by atoms with E-state index in [1.165, 1.54) is 0 Å². The second-order valence-corrected chi connectivity index (χ2v) is 5.03. The van der Waals surface area contributed by atoms with Crippen molar-refractivity contribution in [3.8, 4) is 5.75 Å². The maximum Gasteiger partial charge on any atom is 0.120 e. The van der Waals surface area contributed by atoms with E-state index in [1.807, 2.05) is 12.1 Å². The molecule has 1 aromatic carbocycles. The third-order valence-corrected chi connectivity index (χ3v) is 3.07. The lowest BCUT2D eigenvalue weighted by Crippen LogP contribution is -2.22. The molecule has 0 spiro atoms. The Bertz CT molecular complexity index is 352. The van der Waals surface area contributed by atoms with Gasteiger partial charge in [-0.15, -0.1) is 0 Å². The number of ether oxygens (including phenoxy) is 1. The van der Waals surface area contributed by atoms with Gasteiger partial charge < -0.3 is 10.1 Å². The first-order valence-electron chi connectivity index (χ1n) is 6.15. The Hall–Kier alpha value is -0.730. The van der Waals surface area contributed by atoms with Gasteiger partial charge in [-0.05, 0) is 36.6 Å². The fourth-order valence-electron chi connectivity index (χ4n) is 1.96. The van der Waals surface area contributed by atoms with Gasteiger partial charge in [0, 0.05) is 11.1 Å². The van der Waals surface area contributed by atoms with Crippen LogP contribution in [0.3, 0.4) is 0 Å². The molecule has 0 saturated carbocycles. The molecule has 17 heavy (non-hydrogen) atoms. The van der Waals surface area contributed by atoms with E-state index in [1.54, 1.807) is 7.11 Å². The average molecular weight is 256 g/mol.